The Hall–Kier alpha value is -0.740. The number of hydrogen-bond donors (Lipinski definition) is 3. The lowest BCUT2D eigenvalue weighted by molar-refractivity contribution is 0.0696. The SMILES string of the molecule is CN(CCNS(=O)(=O)c1cccc(C(=O)O)c1)SS. The molecule has 0 aliphatic rings. The van der Waals surface area contributed by atoms with E-state index in [1.54, 1.807) is 11.4 Å². The van der Waals surface area contributed by atoms with Crippen LogP contribution in [0.25, 0.3) is 0 Å². The normalized spacial score (nSPS) is 11.7. The van der Waals surface area contributed by atoms with Crippen molar-refractivity contribution < 1.29 is 18.3 Å². The van der Waals surface area contributed by atoms with Gasteiger partial charge in [0.15, 0.2) is 0 Å². The van der Waals surface area contributed by atoms with Crippen LogP contribution in [-0.2, 0) is 10.0 Å². The molecule has 0 aromatic heterocycles. The van der Waals surface area contributed by atoms with E-state index in [-0.39, 0.29) is 17.0 Å². The van der Waals surface area contributed by atoms with E-state index in [9.17, 15) is 13.2 Å². The summed E-state index contributed by atoms with van der Waals surface area (Å²) in [7, 11) is -0.727. The summed E-state index contributed by atoms with van der Waals surface area (Å²) in [4.78, 5) is 10.7. The second-order valence-electron chi connectivity index (χ2n) is 3.66. The number of sulfonamides is 1. The maximum atomic E-state index is 11.9. The van der Waals surface area contributed by atoms with Crippen LogP contribution in [0.5, 0.6) is 0 Å². The fourth-order valence-corrected chi connectivity index (χ4v) is 2.74. The van der Waals surface area contributed by atoms with Gasteiger partial charge in [0.2, 0.25) is 10.0 Å². The zero-order chi connectivity index (χ0) is 14.5. The number of carboxylic acids is 1. The van der Waals surface area contributed by atoms with Gasteiger partial charge in [-0.15, -0.1) is 0 Å². The summed E-state index contributed by atoms with van der Waals surface area (Å²) < 4.78 is 28.0. The lowest BCUT2D eigenvalue weighted by atomic mass is 10.2. The van der Waals surface area contributed by atoms with E-state index in [4.69, 9.17) is 5.11 Å². The number of thiol groups is 1. The first-order chi connectivity index (χ1) is 8.86. The van der Waals surface area contributed by atoms with Crippen LogP contribution in [0, 0.1) is 0 Å². The molecule has 6 nitrogen and oxygen atoms in total. The van der Waals surface area contributed by atoms with Gasteiger partial charge in [0.05, 0.1) is 10.5 Å². The van der Waals surface area contributed by atoms with Crippen molar-refractivity contribution in [1.29, 1.82) is 0 Å². The van der Waals surface area contributed by atoms with Crippen LogP contribution in [0.4, 0.5) is 0 Å². The van der Waals surface area contributed by atoms with E-state index < -0.39 is 16.0 Å². The van der Waals surface area contributed by atoms with Gasteiger partial charge in [-0.3, -0.25) is 0 Å². The van der Waals surface area contributed by atoms with E-state index in [1.807, 2.05) is 0 Å². The molecule has 106 valence electrons. The Labute approximate surface area is 121 Å². The van der Waals surface area contributed by atoms with Gasteiger partial charge in [-0.1, -0.05) is 17.7 Å². The fourth-order valence-electron chi connectivity index (χ4n) is 1.26. The molecule has 1 aromatic carbocycles. The van der Waals surface area contributed by atoms with Crippen LogP contribution < -0.4 is 4.72 Å². The molecule has 1 rings (SSSR count). The van der Waals surface area contributed by atoms with Gasteiger partial charge in [0.25, 0.3) is 0 Å². The number of hydrogen-bond acceptors (Lipinski definition) is 6. The molecule has 0 fully saturated rings. The largest absolute Gasteiger partial charge is 0.478 e. The van der Waals surface area contributed by atoms with E-state index in [0.717, 1.165) is 6.07 Å². The predicted molar refractivity (Wildman–Crippen MR) is 77.8 cm³/mol. The number of rotatable bonds is 7. The van der Waals surface area contributed by atoms with Crippen molar-refractivity contribution in [2.24, 2.45) is 0 Å². The first-order valence-corrected chi connectivity index (χ1v) is 8.53. The van der Waals surface area contributed by atoms with Gasteiger partial charge in [-0.2, -0.15) is 0 Å². The smallest absolute Gasteiger partial charge is 0.335 e. The van der Waals surface area contributed by atoms with Gasteiger partial charge in [0.1, 0.15) is 0 Å². The third-order valence-electron chi connectivity index (χ3n) is 2.25. The molecule has 0 unspecified atom stereocenters. The number of carboxylic acid groups (broad SMARTS) is 1. The summed E-state index contributed by atoms with van der Waals surface area (Å²) in [5, 5.41) is 8.82. The average Bonchev–Trinajstić information content (AvgIpc) is 2.38. The average molecular weight is 322 g/mol. The predicted octanol–water partition coefficient (Wildman–Crippen LogP) is 1.09. The maximum absolute atomic E-state index is 11.9. The Morgan fingerprint density at radius 1 is 1.53 bits per heavy atom. The van der Waals surface area contributed by atoms with Crippen molar-refractivity contribution in [1.82, 2.24) is 9.03 Å². The Bertz CT molecular complexity index is 547. The van der Waals surface area contributed by atoms with Crippen LogP contribution in [0.1, 0.15) is 10.4 Å². The minimum Gasteiger partial charge on any atom is -0.478 e. The molecule has 1 aromatic rings. The van der Waals surface area contributed by atoms with Crippen LogP contribution in [0.2, 0.25) is 0 Å². The van der Waals surface area contributed by atoms with Crippen molar-refractivity contribution in [3.05, 3.63) is 29.8 Å². The Balaban J connectivity index is 2.77. The van der Waals surface area contributed by atoms with E-state index in [0.29, 0.717) is 6.54 Å². The molecule has 0 amide bonds. The number of nitrogens with one attached hydrogen (secondary N) is 1. The number of carbonyl (C=O) groups is 1. The van der Waals surface area contributed by atoms with Gasteiger partial charge in [0, 0.05) is 13.1 Å². The molecule has 0 aliphatic carbocycles. The summed E-state index contributed by atoms with van der Waals surface area (Å²) in [5.74, 6) is -1.16. The van der Waals surface area contributed by atoms with Crippen molar-refractivity contribution in [2.75, 3.05) is 20.1 Å². The molecule has 0 saturated heterocycles. The molecule has 2 N–H and O–H groups in total. The molecule has 9 heteroatoms. The highest BCUT2D eigenvalue weighted by Crippen LogP contribution is 2.12. The van der Waals surface area contributed by atoms with Crippen molar-refractivity contribution in [2.45, 2.75) is 4.90 Å². The summed E-state index contributed by atoms with van der Waals surface area (Å²) >= 11 is 3.97. The van der Waals surface area contributed by atoms with Gasteiger partial charge >= 0.3 is 5.97 Å². The summed E-state index contributed by atoms with van der Waals surface area (Å²) in [5.41, 5.74) is -0.0640. The third-order valence-corrected chi connectivity index (χ3v) is 5.01. The molecule has 0 aliphatic heterocycles. The highest BCUT2D eigenvalue weighted by atomic mass is 33.1. The Morgan fingerprint density at radius 3 is 2.79 bits per heavy atom. The second kappa shape index (κ2) is 7.15. The standard InChI is InChI=1S/C10H14N2O4S3/c1-12(18-17)6-5-11-19(15,16)9-4-2-3-8(7-9)10(13)14/h2-4,7,11,17H,5-6H2,1H3,(H,13,14). The first kappa shape index (κ1) is 16.3. The van der Waals surface area contributed by atoms with Crippen molar-refractivity contribution in [3.8, 4) is 0 Å². The summed E-state index contributed by atoms with van der Waals surface area (Å²) in [6.07, 6.45) is 0. The Kier molecular flexibility index (Phi) is 6.14. The maximum Gasteiger partial charge on any atom is 0.335 e. The topological polar surface area (TPSA) is 86.7 Å². The minimum atomic E-state index is -3.69. The summed E-state index contributed by atoms with van der Waals surface area (Å²) in [6.45, 7) is 0.690. The molecule has 0 spiro atoms. The van der Waals surface area contributed by atoms with Crippen molar-refractivity contribution in [3.63, 3.8) is 0 Å². The van der Waals surface area contributed by atoms with Crippen LogP contribution in [0.15, 0.2) is 29.2 Å². The zero-order valence-electron chi connectivity index (χ0n) is 10.1. The first-order valence-electron chi connectivity index (χ1n) is 5.22. The van der Waals surface area contributed by atoms with E-state index in [2.05, 4.69) is 16.4 Å². The van der Waals surface area contributed by atoms with Gasteiger partial charge in [-0.05, 0) is 36.2 Å². The van der Waals surface area contributed by atoms with Crippen LogP contribution in [-0.4, -0.2) is 43.9 Å². The van der Waals surface area contributed by atoms with Crippen molar-refractivity contribution >= 4 is 38.6 Å². The lowest BCUT2D eigenvalue weighted by Crippen LogP contribution is -2.30. The Morgan fingerprint density at radius 2 is 2.21 bits per heavy atom. The fraction of sp³-hybridized carbons (Fsp3) is 0.300. The number of aromatic carboxylic acids is 1. The number of benzene rings is 1. The molecular formula is C10H14N2O4S3. The molecule has 0 atom stereocenters. The molecular weight excluding hydrogens is 308 g/mol. The van der Waals surface area contributed by atoms with E-state index in [1.165, 1.54) is 29.2 Å². The molecule has 0 saturated carbocycles. The molecule has 19 heavy (non-hydrogen) atoms. The highest BCUT2D eigenvalue weighted by Gasteiger charge is 2.15. The summed E-state index contributed by atoms with van der Waals surface area (Å²) in [6, 6.07) is 5.22. The number of likely N-dealkylation sites (N-methyl/N-ethyl adjacent to an activating group) is 1. The zero-order valence-corrected chi connectivity index (χ0v) is 12.6. The molecule has 0 heterocycles. The third kappa shape index (κ3) is 5.03. The molecule has 0 bridgehead atoms. The minimum absolute atomic E-state index is 0.0615. The van der Waals surface area contributed by atoms with Gasteiger partial charge < -0.3 is 5.11 Å². The quantitative estimate of drug-likeness (QED) is 0.396. The van der Waals surface area contributed by atoms with Crippen LogP contribution >= 0.6 is 22.6 Å². The second-order valence-corrected chi connectivity index (χ2v) is 6.71. The van der Waals surface area contributed by atoms with Gasteiger partial charge in [-0.25, -0.2) is 22.2 Å². The number of nitrogens with zero attached hydrogens (tertiary/aromatic N) is 1. The van der Waals surface area contributed by atoms with Crippen LogP contribution in [0.3, 0.4) is 0 Å². The lowest BCUT2D eigenvalue weighted by Gasteiger charge is -2.12. The monoisotopic (exact) mass is 322 g/mol. The highest BCUT2D eigenvalue weighted by molar-refractivity contribution is 8.67. The molecule has 0 radical (unpaired) electrons. The van der Waals surface area contributed by atoms with E-state index >= 15 is 0 Å².